The summed E-state index contributed by atoms with van der Waals surface area (Å²) in [7, 11) is 0. The highest BCUT2D eigenvalue weighted by molar-refractivity contribution is 6.35. The maximum absolute atomic E-state index is 12.5. The van der Waals surface area contributed by atoms with Crippen LogP contribution in [0, 0.1) is 5.92 Å². The van der Waals surface area contributed by atoms with Crippen LogP contribution < -0.4 is 16.2 Å². The molecule has 0 unspecified atom stereocenters. The highest BCUT2D eigenvalue weighted by Gasteiger charge is 2.24. The van der Waals surface area contributed by atoms with Gasteiger partial charge < -0.3 is 10.3 Å². The van der Waals surface area contributed by atoms with E-state index in [-0.39, 0.29) is 17.7 Å². The van der Waals surface area contributed by atoms with Gasteiger partial charge in [-0.1, -0.05) is 23.2 Å². The van der Waals surface area contributed by atoms with Gasteiger partial charge in [-0.15, -0.1) is 0 Å². The van der Waals surface area contributed by atoms with Gasteiger partial charge in [0, 0.05) is 24.5 Å². The first-order valence-electron chi connectivity index (χ1n) is 9.58. The number of hydrogen-bond acceptors (Lipinski definition) is 5. The van der Waals surface area contributed by atoms with Crippen molar-refractivity contribution in [3.8, 4) is 0 Å². The van der Waals surface area contributed by atoms with Crippen molar-refractivity contribution in [3.63, 3.8) is 0 Å². The fourth-order valence-corrected chi connectivity index (χ4v) is 3.95. The second-order valence-corrected chi connectivity index (χ2v) is 8.27. The van der Waals surface area contributed by atoms with Crippen molar-refractivity contribution in [1.29, 1.82) is 0 Å². The van der Waals surface area contributed by atoms with Crippen LogP contribution in [0.25, 0.3) is 0 Å². The number of pyridine rings is 1. The summed E-state index contributed by atoms with van der Waals surface area (Å²) >= 11 is 12.1. The van der Waals surface area contributed by atoms with Gasteiger partial charge in [0.1, 0.15) is 5.69 Å². The zero-order valence-corrected chi connectivity index (χ0v) is 17.7. The van der Waals surface area contributed by atoms with Crippen LogP contribution in [0.1, 0.15) is 53.5 Å². The number of halogens is 2. The van der Waals surface area contributed by atoms with Gasteiger partial charge in [0.25, 0.3) is 5.91 Å². The first-order valence-corrected chi connectivity index (χ1v) is 10.3. The molecule has 2 aromatic rings. The third kappa shape index (κ3) is 5.69. The van der Waals surface area contributed by atoms with Gasteiger partial charge in [0.05, 0.1) is 22.5 Å². The van der Waals surface area contributed by atoms with Gasteiger partial charge in [-0.3, -0.25) is 14.6 Å². The Hall–Kier alpha value is -2.15. The number of hydrogen-bond donors (Lipinski definition) is 2. The third-order valence-electron chi connectivity index (χ3n) is 5.25. The Morgan fingerprint density at radius 3 is 2.52 bits per heavy atom. The molecule has 0 bridgehead atoms. The lowest BCUT2D eigenvalue weighted by atomic mass is 9.85. The van der Waals surface area contributed by atoms with Crippen LogP contribution >= 0.6 is 23.2 Å². The number of benzene rings is 1. The second kappa shape index (κ2) is 9.57. The maximum Gasteiger partial charge on any atom is 0.253 e. The fourth-order valence-electron chi connectivity index (χ4n) is 3.57. The molecule has 0 atom stereocenters. The van der Waals surface area contributed by atoms with Gasteiger partial charge in [-0.25, -0.2) is 5.84 Å². The molecule has 0 aliphatic heterocycles. The first-order chi connectivity index (χ1) is 13.8. The lowest BCUT2D eigenvalue weighted by Crippen LogP contribution is -2.41. The number of anilines is 1. The van der Waals surface area contributed by atoms with Crippen LogP contribution in [0.4, 0.5) is 5.69 Å². The normalized spacial score (nSPS) is 18.9. The Morgan fingerprint density at radius 2 is 1.90 bits per heavy atom. The van der Waals surface area contributed by atoms with E-state index in [4.69, 9.17) is 29.0 Å². The molecule has 3 N–H and O–H groups in total. The number of rotatable bonds is 6. The van der Waals surface area contributed by atoms with E-state index in [0.29, 0.717) is 33.8 Å². The number of amides is 1. The number of carbonyl (C=O) groups excluding carboxylic acids is 2. The van der Waals surface area contributed by atoms with E-state index >= 15 is 0 Å². The molecule has 3 rings (SSSR count). The predicted molar refractivity (Wildman–Crippen MR) is 115 cm³/mol. The largest absolute Gasteiger partial charge is 0.349 e. The van der Waals surface area contributed by atoms with Crippen molar-refractivity contribution < 1.29 is 9.59 Å². The molecule has 8 heteroatoms. The third-order valence-corrected chi connectivity index (χ3v) is 5.81. The van der Waals surface area contributed by atoms with E-state index in [1.54, 1.807) is 35.5 Å². The number of ketones is 1. The molecule has 1 heterocycles. The van der Waals surface area contributed by atoms with E-state index in [1.807, 2.05) is 6.07 Å². The van der Waals surface area contributed by atoms with E-state index in [2.05, 4.69) is 10.3 Å². The van der Waals surface area contributed by atoms with Gasteiger partial charge in [-0.05, 0) is 61.9 Å². The maximum atomic E-state index is 12.5. The Labute approximate surface area is 180 Å². The van der Waals surface area contributed by atoms with Crippen LogP contribution in [0.2, 0.25) is 10.0 Å². The summed E-state index contributed by atoms with van der Waals surface area (Å²) in [5, 5.41) is 5.61. The second-order valence-electron chi connectivity index (χ2n) is 7.43. The molecular weight excluding hydrogens is 411 g/mol. The topological polar surface area (TPSA) is 88.3 Å². The van der Waals surface area contributed by atoms with E-state index in [1.165, 1.54) is 6.92 Å². The van der Waals surface area contributed by atoms with Crippen molar-refractivity contribution in [3.05, 3.63) is 57.8 Å². The van der Waals surface area contributed by atoms with Crippen molar-refractivity contribution in [2.75, 3.05) is 11.6 Å². The Balaban J connectivity index is 1.49. The highest BCUT2D eigenvalue weighted by atomic mass is 35.5. The fraction of sp³-hybridized carbons (Fsp3) is 0.381. The van der Waals surface area contributed by atoms with Gasteiger partial charge >= 0.3 is 0 Å². The summed E-state index contributed by atoms with van der Waals surface area (Å²) in [6, 6.07) is 8.48. The Bertz CT molecular complexity index is 881. The zero-order valence-electron chi connectivity index (χ0n) is 16.2. The summed E-state index contributed by atoms with van der Waals surface area (Å²) in [5.41, 5.74) is 1.61. The predicted octanol–water partition coefficient (Wildman–Crippen LogP) is 4.26. The Kier molecular flexibility index (Phi) is 7.11. The summed E-state index contributed by atoms with van der Waals surface area (Å²) in [5.74, 6) is 6.35. The number of nitrogens with zero attached hydrogens (tertiary/aromatic N) is 2. The van der Waals surface area contributed by atoms with Crippen molar-refractivity contribution in [2.24, 2.45) is 11.8 Å². The molecule has 1 aliphatic rings. The molecule has 0 spiro atoms. The van der Waals surface area contributed by atoms with Gasteiger partial charge in [-0.2, -0.15) is 0 Å². The number of nitrogens with one attached hydrogen (secondary N) is 1. The molecular formula is C21H24Cl2N4O2. The monoisotopic (exact) mass is 434 g/mol. The van der Waals surface area contributed by atoms with Crippen LogP contribution in [0.15, 0.2) is 36.5 Å². The molecule has 1 aliphatic carbocycles. The number of carbonyl (C=O) groups is 2. The molecule has 1 aromatic heterocycles. The number of nitrogens with two attached hydrogens (primary N) is 1. The molecule has 1 aromatic carbocycles. The summed E-state index contributed by atoms with van der Waals surface area (Å²) in [6.45, 7) is 2.18. The molecule has 1 amide bonds. The van der Waals surface area contributed by atoms with E-state index < -0.39 is 0 Å². The average Bonchev–Trinajstić information content (AvgIpc) is 2.71. The van der Waals surface area contributed by atoms with Gasteiger partial charge in [0.2, 0.25) is 0 Å². The molecule has 0 radical (unpaired) electrons. The molecule has 154 valence electrons. The lowest BCUT2D eigenvalue weighted by Gasteiger charge is -2.32. The molecule has 0 saturated heterocycles. The molecule has 1 fully saturated rings. The van der Waals surface area contributed by atoms with Crippen LogP contribution in [-0.2, 0) is 0 Å². The van der Waals surface area contributed by atoms with Crippen LogP contribution in [0.3, 0.4) is 0 Å². The summed E-state index contributed by atoms with van der Waals surface area (Å²) in [4.78, 5) is 28.0. The highest BCUT2D eigenvalue weighted by Crippen LogP contribution is 2.27. The lowest BCUT2D eigenvalue weighted by molar-refractivity contribution is 0.0921. The van der Waals surface area contributed by atoms with Crippen molar-refractivity contribution >= 4 is 40.6 Å². The smallest absolute Gasteiger partial charge is 0.253 e. The standard InChI is InChI=1S/C21H24Cl2N4O2/c1-13(28)20-9-7-17(11-25-20)27(24)12-14-2-5-16(6-3-14)26-21(29)18-10-15(22)4-8-19(18)23/h4,7-11,14,16H,2-3,5-6,12,24H2,1H3,(H,26,29). The minimum absolute atomic E-state index is 0.0699. The number of Topliss-reactive ketones (excluding diaryl/α,β-unsaturated/α-hetero) is 1. The van der Waals surface area contributed by atoms with Crippen molar-refractivity contribution in [2.45, 2.75) is 38.6 Å². The van der Waals surface area contributed by atoms with Crippen LogP contribution in [-0.4, -0.2) is 29.3 Å². The minimum atomic E-state index is -0.196. The van der Waals surface area contributed by atoms with Gasteiger partial charge in [0.15, 0.2) is 5.78 Å². The average molecular weight is 435 g/mol. The first kappa shape index (κ1) is 21.6. The number of hydrazine groups is 1. The van der Waals surface area contributed by atoms with E-state index in [0.717, 1.165) is 31.4 Å². The Morgan fingerprint density at radius 1 is 1.17 bits per heavy atom. The van der Waals surface area contributed by atoms with Crippen molar-refractivity contribution in [1.82, 2.24) is 10.3 Å². The zero-order chi connectivity index (χ0) is 21.0. The minimum Gasteiger partial charge on any atom is -0.349 e. The SMILES string of the molecule is CC(=O)c1ccc(N(N)CC2CCC(NC(=O)c3cc(Cl)ccc3Cl)CC2)cn1. The molecule has 1 saturated carbocycles. The molecule has 29 heavy (non-hydrogen) atoms. The van der Waals surface area contributed by atoms with E-state index in [9.17, 15) is 9.59 Å². The quantitative estimate of drug-likeness (QED) is 0.402. The summed E-state index contributed by atoms with van der Waals surface area (Å²) in [6.07, 6.45) is 5.30. The summed E-state index contributed by atoms with van der Waals surface area (Å²) < 4.78 is 0. The van der Waals surface area contributed by atoms with Crippen LogP contribution in [0.5, 0.6) is 0 Å². The molecule has 6 nitrogen and oxygen atoms in total. The number of aromatic nitrogens is 1.